The van der Waals surface area contributed by atoms with Crippen molar-refractivity contribution in [3.05, 3.63) is 17.5 Å². The Balaban J connectivity index is 2.18. The van der Waals surface area contributed by atoms with Crippen LogP contribution in [0.15, 0.2) is 6.20 Å². The molecular formula is C10H18N4O. The van der Waals surface area contributed by atoms with Gasteiger partial charge >= 0.3 is 6.03 Å². The number of H-pyrrole nitrogens is 1. The van der Waals surface area contributed by atoms with Gasteiger partial charge in [-0.2, -0.15) is 5.10 Å². The van der Waals surface area contributed by atoms with E-state index >= 15 is 0 Å². The Labute approximate surface area is 89.9 Å². The Bertz CT molecular complexity index is 319. The fourth-order valence-electron chi connectivity index (χ4n) is 1.26. The van der Waals surface area contributed by atoms with Crippen LogP contribution in [-0.2, 0) is 6.42 Å². The normalized spacial score (nSPS) is 10.1. The van der Waals surface area contributed by atoms with Gasteiger partial charge in [-0.3, -0.25) is 5.10 Å². The standard InChI is InChI=1S/C10H18N4O/c1-8-9(7-12-13-8)5-4-6-11-10(15)14(2)3/h7H,4-6H2,1-3H3,(H,11,15)(H,12,13). The highest BCUT2D eigenvalue weighted by Gasteiger charge is 2.02. The molecule has 84 valence electrons. The number of hydrogen-bond acceptors (Lipinski definition) is 2. The number of carbonyl (C=O) groups is 1. The van der Waals surface area contributed by atoms with Gasteiger partial charge in [0.15, 0.2) is 0 Å². The molecule has 0 aliphatic carbocycles. The first kappa shape index (κ1) is 11.6. The summed E-state index contributed by atoms with van der Waals surface area (Å²) < 4.78 is 0. The minimum atomic E-state index is -0.0427. The molecule has 0 radical (unpaired) electrons. The molecule has 0 spiro atoms. The molecule has 0 atom stereocenters. The van der Waals surface area contributed by atoms with Gasteiger partial charge in [0.25, 0.3) is 0 Å². The third-order valence-corrected chi connectivity index (χ3v) is 2.24. The van der Waals surface area contributed by atoms with Gasteiger partial charge in [-0.15, -0.1) is 0 Å². The summed E-state index contributed by atoms with van der Waals surface area (Å²) >= 11 is 0. The summed E-state index contributed by atoms with van der Waals surface area (Å²) in [5, 5.41) is 9.65. The molecule has 2 N–H and O–H groups in total. The molecular weight excluding hydrogens is 192 g/mol. The number of nitrogens with one attached hydrogen (secondary N) is 2. The predicted molar refractivity (Wildman–Crippen MR) is 58.7 cm³/mol. The molecule has 0 aromatic carbocycles. The summed E-state index contributed by atoms with van der Waals surface area (Å²) in [7, 11) is 3.46. The molecule has 0 fully saturated rings. The lowest BCUT2D eigenvalue weighted by Crippen LogP contribution is -2.35. The van der Waals surface area contributed by atoms with Crippen molar-refractivity contribution in [3.63, 3.8) is 0 Å². The van der Waals surface area contributed by atoms with E-state index in [9.17, 15) is 4.79 Å². The average Bonchev–Trinajstić information content (AvgIpc) is 2.58. The van der Waals surface area contributed by atoms with Gasteiger partial charge in [0.2, 0.25) is 0 Å². The second-order valence-electron chi connectivity index (χ2n) is 3.75. The van der Waals surface area contributed by atoms with E-state index in [4.69, 9.17) is 0 Å². The van der Waals surface area contributed by atoms with Gasteiger partial charge in [-0.1, -0.05) is 0 Å². The molecule has 2 amide bonds. The van der Waals surface area contributed by atoms with Crippen molar-refractivity contribution in [2.75, 3.05) is 20.6 Å². The molecule has 5 nitrogen and oxygen atoms in total. The molecule has 0 aliphatic rings. The van der Waals surface area contributed by atoms with E-state index in [1.807, 2.05) is 13.1 Å². The van der Waals surface area contributed by atoms with Gasteiger partial charge in [0.1, 0.15) is 0 Å². The topological polar surface area (TPSA) is 61.0 Å². The van der Waals surface area contributed by atoms with Crippen LogP contribution in [0.5, 0.6) is 0 Å². The number of amides is 2. The monoisotopic (exact) mass is 210 g/mol. The van der Waals surface area contributed by atoms with E-state index in [0.717, 1.165) is 18.5 Å². The third-order valence-electron chi connectivity index (χ3n) is 2.24. The van der Waals surface area contributed by atoms with Crippen molar-refractivity contribution >= 4 is 6.03 Å². The van der Waals surface area contributed by atoms with Gasteiger partial charge in [0, 0.05) is 26.3 Å². The summed E-state index contributed by atoms with van der Waals surface area (Å²) in [4.78, 5) is 12.7. The molecule has 0 bridgehead atoms. The second-order valence-corrected chi connectivity index (χ2v) is 3.75. The fourth-order valence-corrected chi connectivity index (χ4v) is 1.26. The molecule has 15 heavy (non-hydrogen) atoms. The third kappa shape index (κ3) is 3.61. The molecule has 1 aromatic heterocycles. The Kier molecular flexibility index (Phi) is 4.15. The lowest BCUT2D eigenvalue weighted by Gasteiger charge is -2.11. The Morgan fingerprint density at radius 1 is 1.60 bits per heavy atom. The van der Waals surface area contributed by atoms with Crippen molar-refractivity contribution in [2.45, 2.75) is 19.8 Å². The Morgan fingerprint density at radius 2 is 2.33 bits per heavy atom. The number of aromatic amines is 1. The molecule has 0 saturated carbocycles. The van der Waals surface area contributed by atoms with Crippen LogP contribution in [-0.4, -0.2) is 41.8 Å². The first-order chi connectivity index (χ1) is 7.11. The molecule has 0 unspecified atom stereocenters. The van der Waals surface area contributed by atoms with E-state index in [0.29, 0.717) is 6.54 Å². The summed E-state index contributed by atoms with van der Waals surface area (Å²) in [5.74, 6) is 0. The van der Waals surface area contributed by atoms with Gasteiger partial charge < -0.3 is 10.2 Å². The molecule has 1 heterocycles. The number of nitrogens with zero attached hydrogens (tertiary/aromatic N) is 2. The van der Waals surface area contributed by atoms with Crippen LogP contribution >= 0.6 is 0 Å². The summed E-state index contributed by atoms with van der Waals surface area (Å²) in [6.45, 7) is 2.70. The van der Waals surface area contributed by atoms with Crippen LogP contribution in [0, 0.1) is 6.92 Å². The fraction of sp³-hybridized carbons (Fsp3) is 0.600. The lowest BCUT2D eigenvalue weighted by atomic mass is 10.1. The van der Waals surface area contributed by atoms with Crippen molar-refractivity contribution in [1.82, 2.24) is 20.4 Å². The predicted octanol–water partition coefficient (Wildman–Crippen LogP) is 0.922. The quantitative estimate of drug-likeness (QED) is 0.726. The largest absolute Gasteiger partial charge is 0.338 e. The van der Waals surface area contributed by atoms with E-state index < -0.39 is 0 Å². The van der Waals surface area contributed by atoms with Crippen molar-refractivity contribution < 1.29 is 4.79 Å². The maximum absolute atomic E-state index is 11.2. The van der Waals surface area contributed by atoms with E-state index in [1.54, 1.807) is 14.1 Å². The number of urea groups is 1. The molecule has 1 aromatic rings. The van der Waals surface area contributed by atoms with Crippen LogP contribution in [0.3, 0.4) is 0 Å². The first-order valence-corrected chi connectivity index (χ1v) is 5.05. The van der Waals surface area contributed by atoms with Gasteiger partial charge in [0.05, 0.1) is 6.20 Å². The summed E-state index contributed by atoms with van der Waals surface area (Å²) in [5.41, 5.74) is 2.32. The van der Waals surface area contributed by atoms with Crippen molar-refractivity contribution in [2.24, 2.45) is 0 Å². The van der Waals surface area contributed by atoms with Crippen LogP contribution in [0.1, 0.15) is 17.7 Å². The maximum atomic E-state index is 11.2. The van der Waals surface area contributed by atoms with Gasteiger partial charge in [-0.05, 0) is 25.3 Å². The van der Waals surface area contributed by atoms with E-state index in [2.05, 4.69) is 15.5 Å². The molecule has 0 saturated heterocycles. The highest BCUT2D eigenvalue weighted by molar-refractivity contribution is 5.73. The number of carbonyl (C=O) groups excluding carboxylic acids is 1. The SMILES string of the molecule is Cc1[nH]ncc1CCCNC(=O)N(C)C. The highest BCUT2D eigenvalue weighted by atomic mass is 16.2. The minimum Gasteiger partial charge on any atom is -0.338 e. The zero-order valence-corrected chi connectivity index (χ0v) is 9.50. The number of rotatable bonds is 4. The highest BCUT2D eigenvalue weighted by Crippen LogP contribution is 2.04. The maximum Gasteiger partial charge on any atom is 0.316 e. The molecule has 1 rings (SSSR count). The van der Waals surface area contributed by atoms with Crippen LogP contribution < -0.4 is 5.32 Å². The van der Waals surface area contributed by atoms with Gasteiger partial charge in [-0.25, -0.2) is 4.79 Å². The summed E-state index contributed by atoms with van der Waals surface area (Å²) in [6, 6.07) is -0.0427. The lowest BCUT2D eigenvalue weighted by molar-refractivity contribution is 0.217. The molecule has 5 heteroatoms. The smallest absolute Gasteiger partial charge is 0.316 e. The second kappa shape index (κ2) is 5.38. The first-order valence-electron chi connectivity index (χ1n) is 5.05. The number of aromatic nitrogens is 2. The van der Waals surface area contributed by atoms with Crippen molar-refractivity contribution in [1.29, 1.82) is 0 Å². The average molecular weight is 210 g/mol. The Hall–Kier alpha value is -1.52. The number of aryl methyl sites for hydroxylation is 2. The zero-order chi connectivity index (χ0) is 11.3. The Morgan fingerprint density at radius 3 is 2.87 bits per heavy atom. The molecule has 0 aliphatic heterocycles. The van der Waals surface area contributed by atoms with Crippen LogP contribution in [0.25, 0.3) is 0 Å². The minimum absolute atomic E-state index is 0.0427. The van der Waals surface area contributed by atoms with E-state index in [-0.39, 0.29) is 6.03 Å². The zero-order valence-electron chi connectivity index (χ0n) is 9.50. The summed E-state index contributed by atoms with van der Waals surface area (Å²) in [6.07, 6.45) is 3.71. The van der Waals surface area contributed by atoms with Crippen molar-refractivity contribution in [3.8, 4) is 0 Å². The van der Waals surface area contributed by atoms with E-state index in [1.165, 1.54) is 10.5 Å². The van der Waals surface area contributed by atoms with Crippen LogP contribution in [0.4, 0.5) is 4.79 Å². The van der Waals surface area contributed by atoms with Crippen LogP contribution in [0.2, 0.25) is 0 Å². The number of hydrogen-bond donors (Lipinski definition) is 2.